The zero-order valence-electron chi connectivity index (χ0n) is 13.0. The molecule has 7 heteroatoms. The van der Waals surface area contributed by atoms with Crippen LogP contribution in [0.25, 0.3) is 0 Å². The lowest BCUT2D eigenvalue weighted by atomic mass is 10.1. The molecule has 0 saturated heterocycles. The maximum atomic E-state index is 11.9. The molecule has 0 heterocycles. The Labute approximate surface area is 137 Å². The average molecular weight is 353 g/mol. The summed E-state index contributed by atoms with van der Waals surface area (Å²) in [4.78, 5) is -0.0139. The fraction of sp³-hybridized carbons (Fsp3) is 0.250. The number of hydrogen-bond donors (Lipinski definition) is 1. The van der Waals surface area contributed by atoms with Gasteiger partial charge in [0.05, 0.1) is 15.5 Å². The van der Waals surface area contributed by atoms with Crippen molar-refractivity contribution < 1.29 is 16.8 Å². The zero-order chi connectivity index (χ0) is 17.1. The SMILES string of the molecule is CS(=O)(=O)c1ccc(NCCc2ccccc2)c(S(C)(=O)=O)c1. The predicted octanol–water partition coefficient (Wildman–Crippen LogP) is 2.15. The van der Waals surface area contributed by atoms with Crippen LogP contribution in [0.2, 0.25) is 0 Å². The van der Waals surface area contributed by atoms with E-state index in [-0.39, 0.29) is 9.79 Å². The number of anilines is 1. The second-order valence-electron chi connectivity index (χ2n) is 5.36. The molecule has 124 valence electrons. The second kappa shape index (κ2) is 6.72. The minimum atomic E-state index is -3.54. The number of nitrogens with one attached hydrogen (secondary N) is 1. The predicted molar refractivity (Wildman–Crippen MR) is 91.3 cm³/mol. The molecule has 0 aliphatic carbocycles. The Morgan fingerprint density at radius 1 is 0.870 bits per heavy atom. The molecule has 2 rings (SSSR count). The lowest BCUT2D eigenvalue weighted by Gasteiger charge is -2.12. The first-order chi connectivity index (χ1) is 10.7. The van der Waals surface area contributed by atoms with Crippen molar-refractivity contribution in [1.82, 2.24) is 0 Å². The first-order valence-corrected chi connectivity index (χ1v) is 10.8. The smallest absolute Gasteiger partial charge is 0.177 e. The van der Waals surface area contributed by atoms with Gasteiger partial charge in [-0.1, -0.05) is 30.3 Å². The van der Waals surface area contributed by atoms with Gasteiger partial charge in [0.15, 0.2) is 19.7 Å². The van der Waals surface area contributed by atoms with Crippen molar-refractivity contribution in [2.75, 3.05) is 24.4 Å². The third-order valence-electron chi connectivity index (χ3n) is 3.35. The molecule has 0 unspecified atom stereocenters. The van der Waals surface area contributed by atoms with E-state index in [0.717, 1.165) is 24.5 Å². The molecule has 2 aromatic carbocycles. The summed E-state index contributed by atoms with van der Waals surface area (Å²) in [7, 11) is -7.00. The van der Waals surface area contributed by atoms with E-state index in [1.807, 2.05) is 30.3 Å². The molecule has 2 aromatic rings. The minimum Gasteiger partial charge on any atom is -0.384 e. The molecule has 5 nitrogen and oxygen atoms in total. The highest BCUT2D eigenvalue weighted by atomic mass is 32.2. The highest BCUT2D eigenvalue weighted by molar-refractivity contribution is 7.91. The summed E-state index contributed by atoms with van der Waals surface area (Å²) >= 11 is 0. The van der Waals surface area contributed by atoms with Gasteiger partial charge in [-0.2, -0.15) is 0 Å². The van der Waals surface area contributed by atoms with Crippen LogP contribution < -0.4 is 5.32 Å². The van der Waals surface area contributed by atoms with Gasteiger partial charge >= 0.3 is 0 Å². The molecule has 0 bridgehead atoms. The third-order valence-corrected chi connectivity index (χ3v) is 5.60. The Kier molecular flexibility index (Phi) is 5.11. The van der Waals surface area contributed by atoms with Gasteiger partial charge in [-0.05, 0) is 30.2 Å². The fourth-order valence-corrected chi connectivity index (χ4v) is 3.77. The fourth-order valence-electron chi connectivity index (χ4n) is 2.17. The topological polar surface area (TPSA) is 80.3 Å². The van der Waals surface area contributed by atoms with E-state index in [2.05, 4.69) is 5.32 Å². The van der Waals surface area contributed by atoms with Crippen LogP contribution in [0.1, 0.15) is 5.56 Å². The summed E-state index contributed by atoms with van der Waals surface area (Å²) in [6.45, 7) is 0.546. The summed E-state index contributed by atoms with van der Waals surface area (Å²) in [6, 6.07) is 13.9. The lowest BCUT2D eigenvalue weighted by molar-refractivity contribution is 0.600. The Morgan fingerprint density at radius 3 is 2.09 bits per heavy atom. The van der Waals surface area contributed by atoms with Crippen LogP contribution in [0.3, 0.4) is 0 Å². The van der Waals surface area contributed by atoms with E-state index < -0.39 is 19.7 Å². The van der Waals surface area contributed by atoms with Crippen molar-refractivity contribution in [3.8, 4) is 0 Å². The summed E-state index contributed by atoms with van der Waals surface area (Å²) < 4.78 is 47.1. The molecule has 0 atom stereocenters. The van der Waals surface area contributed by atoms with Crippen LogP contribution in [-0.2, 0) is 26.1 Å². The van der Waals surface area contributed by atoms with Gasteiger partial charge in [0.1, 0.15) is 0 Å². The zero-order valence-corrected chi connectivity index (χ0v) is 14.6. The van der Waals surface area contributed by atoms with E-state index >= 15 is 0 Å². The molecular formula is C16H19NO4S2. The number of benzene rings is 2. The molecule has 0 radical (unpaired) electrons. The van der Waals surface area contributed by atoms with Crippen LogP contribution in [0.15, 0.2) is 58.3 Å². The maximum absolute atomic E-state index is 11.9. The summed E-state index contributed by atoms with van der Waals surface area (Å²) in [5.74, 6) is 0. The van der Waals surface area contributed by atoms with E-state index in [0.29, 0.717) is 12.2 Å². The van der Waals surface area contributed by atoms with E-state index in [1.165, 1.54) is 18.2 Å². The van der Waals surface area contributed by atoms with Gasteiger partial charge in [-0.15, -0.1) is 0 Å². The van der Waals surface area contributed by atoms with Crippen LogP contribution >= 0.6 is 0 Å². The summed E-state index contributed by atoms with van der Waals surface area (Å²) in [6.07, 6.45) is 2.85. The van der Waals surface area contributed by atoms with Crippen molar-refractivity contribution in [2.45, 2.75) is 16.2 Å². The molecule has 0 spiro atoms. The Hall–Kier alpha value is -1.86. The van der Waals surface area contributed by atoms with Crippen LogP contribution in [-0.4, -0.2) is 35.9 Å². The minimum absolute atomic E-state index is 0.00603. The maximum Gasteiger partial charge on any atom is 0.177 e. The second-order valence-corrected chi connectivity index (χ2v) is 9.36. The molecule has 23 heavy (non-hydrogen) atoms. The van der Waals surface area contributed by atoms with Gasteiger partial charge in [-0.25, -0.2) is 16.8 Å². The molecule has 1 N–H and O–H groups in total. The first-order valence-electron chi connectivity index (χ1n) is 7.00. The number of sulfone groups is 2. The summed E-state index contributed by atoms with van der Waals surface area (Å²) in [5.41, 5.74) is 1.55. The third kappa shape index (κ3) is 4.80. The van der Waals surface area contributed by atoms with E-state index in [4.69, 9.17) is 0 Å². The van der Waals surface area contributed by atoms with Crippen molar-refractivity contribution in [3.05, 3.63) is 54.1 Å². The molecule has 0 amide bonds. The van der Waals surface area contributed by atoms with E-state index in [1.54, 1.807) is 0 Å². The Morgan fingerprint density at radius 2 is 1.52 bits per heavy atom. The van der Waals surface area contributed by atoms with Crippen molar-refractivity contribution in [3.63, 3.8) is 0 Å². The Bertz CT molecular complexity index is 889. The van der Waals surface area contributed by atoms with Gasteiger partial charge in [0.25, 0.3) is 0 Å². The molecule has 0 aliphatic rings. The van der Waals surface area contributed by atoms with Crippen molar-refractivity contribution in [1.29, 1.82) is 0 Å². The van der Waals surface area contributed by atoms with E-state index in [9.17, 15) is 16.8 Å². The monoisotopic (exact) mass is 353 g/mol. The molecule has 0 aliphatic heterocycles. The van der Waals surface area contributed by atoms with Gasteiger partial charge in [-0.3, -0.25) is 0 Å². The van der Waals surface area contributed by atoms with Crippen LogP contribution in [0.5, 0.6) is 0 Å². The number of hydrogen-bond acceptors (Lipinski definition) is 5. The molecule has 0 fully saturated rings. The lowest BCUT2D eigenvalue weighted by Crippen LogP contribution is -2.10. The number of rotatable bonds is 6. The van der Waals surface area contributed by atoms with Crippen LogP contribution in [0.4, 0.5) is 5.69 Å². The van der Waals surface area contributed by atoms with Crippen molar-refractivity contribution in [2.24, 2.45) is 0 Å². The largest absolute Gasteiger partial charge is 0.384 e. The molecular weight excluding hydrogens is 334 g/mol. The first kappa shape index (κ1) is 17.5. The summed E-state index contributed by atoms with van der Waals surface area (Å²) in [5, 5.41) is 3.07. The average Bonchev–Trinajstić information content (AvgIpc) is 2.46. The van der Waals surface area contributed by atoms with Gasteiger partial charge in [0.2, 0.25) is 0 Å². The van der Waals surface area contributed by atoms with Gasteiger partial charge in [0, 0.05) is 19.1 Å². The highest BCUT2D eigenvalue weighted by Gasteiger charge is 2.17. The Balaban J connectivity index is 2.24. The highest BCUT2D eigenvalue weighted by Crippen LogP contribution is 2.25. The molecule has 0 aromatic heterocycles. The quantitative estimate of drug-likeness (QED) is 0.861. The standard InChI is InChI=1S/C16H19NO4S2/c1-22(18,19)14-8-9-15(16(12-14)23(2,20)21)17-11-10-13-6-4-3-5-7-13/h3-9,12,17H,10-11H2,1-2H3. The van der Waals surface area contributed by atoms with Crippen molar-refractivity contribution >= 4 is 25.4 Å². The normalized spacial score (nSPS) is 12.1. The van der Waals surface area contributed by atoms with Crippen LogP contribution in [0, 0.1) is 0 Å². The molecule has 0 saturated carbocycles. The van der Waals surface area contributed by atoms with Gasteiger partial charge < -0.3 is 5.32 Å².